The summed E-state index contributed by atoms with van der Waals surface area (Å²) in [4.78, 5) is 13.8. The maximum atomic E-state index is 11.7. The van der Waals surface area contributed by atoms with Crippen LogP contribution in [0.15, 0.2) is 0 Å². The summed E-state index contributed by atoms with van der Waals surface area (Å²) in [7, 11) is 0. The summed E-state index contributed by atoms with van der Waals surface area (Å²) >= 11 is 4.41. The van der Waals surface area contributed by atoms with Gasteiger partial charge in [-0.15, -0.1) is 0 Å². The second kappa shape index (κ2) is 4.77. The first-order valence-electron chi connectivity index (χ1n) is 6.16. The number of rotatable bonds is 2. The summed E-state index contributed by atoms with van der Waals surface area (Å²) in [5.41, 5.74) is 0. The zero-order valence-corrected chi connectivity index (χ0v) is 10.4. The zero-order chi connectivity index (χ0) is 10.8. The highest BCUT2D eigenvalue weighted by atomic mass is 32.1. The smallest absolute Gasteiger partial charge is 0.224 e. The van der Waals surface area contributed by atoms with E-state index in [1.807, 2.05) is 0 Å². The van der Waals surface area contributed by atoms with Gasteiger partial charge in [-0.1, -0.05) is 19.3 Å². The average Bonchev–Trinajstić information content (AvgIpc) is 2.58. The van der Waals surface area contributed by atoms with Crippen LogP contribution in [0.4, 0.5) is 0 Å². The van der Waals surface area contributed by atoms with E-state index in [0.29, 0.717) is 18.4 Å². The summed E-state index contributed by atoms with van der Waals surface area (Å²) in [6.45, 7) is 3.08. The number of hydrogen-bond acceptors (Lipinski definition) is 2. The number of nitrogens with zero attached hydrogens (tertiary/aromatic N) is 1. The Labute approximate surface area is 97.8 Å². The first-order valence-corrected chi connectivity index (χ1v) is 6.67. The van der Waals surface area contributed by atoms with E-state index in [0.717, 1.165) is 12.5 Å². The molecule has 0 aromatic carbocycles. The number of thiol groups is 1. The number of carbonyl (C=O) groups is 1. The molecule has 2 atom stereocenters. The van der Waals surface area contributed by atoms with Gasteiger partial charge in [0.1, 0.15) is 0 Å². The molecule has 0 aromatic heterocycles. The maximum Gasteiger partial charge on any atom is 0.224 e. The summed E-state index contributed by atoms with van der Waals surface area (Å²) in [6.07, 6.45) is 7.33. The molecule has 2 fully saturated rings. The van der Waals surface area contributed by atoms with Crippen LogP contribution in [0.25, 0.3) is 0 Å². The summed E-state index contributed by atoms with van der Waals surface area (Å²) in [5, 5.41) is 0.267. The normalized spacial score (nSPS) is 30.9. The predicted molar refractivity (Wildman–Crippen MR) is 65.1 cm³/mol. The molecule has 1 aliphatic carbocycles. The third kappa shape index (κ3) is 2.49. The molecular weight excluding hydrogens is 206 g/mol. The molecule has 1 amide bonds. The lowest BCUT2D eigenvalue weighted by Crippen LogP contribution is -2.40. The SMILES string of the molecule is C[C@@H](C1CCCCC1)N1CC(S)CC1=O. The van der Waals surface area contributed by atoms with E-state index >= 15 is 0 Å². The Hall–Kier alpha value is -0.180. The number of likely N-dealkylation sites (tertiary alicyclic amines) is 1. The van der Waals surface area contributed by atoms with Crippen molar-refractivity contribution in [3.63, 3.8) is 0 Å². The lowest BCUT2D eigenvalue weighted by Gasteiger charge is -2.34. The van der Waals surface area contributed by atoms with Gasteiger partial charge in [0.15, 0.2) is 0 Å². The van der Waals surface area contributed by atoms with Crippen LogP contribution in [-0.4, -0.2) is 28.6 Å². The van der Waals surface area contributed by atoms with E-state index in [4.69, 9.17) is 0 Å². The lowest BCUT2D eigenvalue weighted by molar-refractivity contribution is -0.130. The standard InChI is InChI=1S/C12H21NOS/c1-9(10-5-3-2-4-6-10)13-8-11(15)7-12(13)14/h9-11,15H,2-8H2,1H3/t9-,11?/m0/s1. The number of hydrogen-bond donors (Lipinski definition) is 1. The van der Waals surface area contributed by atoms with Gasteiger partial charge in [-0.2, -0.15) is 12.6 Å². The van der Waals surface area contributed by atoms with Gasteiger partial charge in [-0.05, 0) is 25.7 Å². The van der Waals surface area contributed by atoms with Crippen molar-refractivity contribution in [1.29, 1.82) is 0 Å². The molecule has 2 aliphatic rings. The topological polar surface area (TPSA) is 20.3 Å². The number of amides is 1. The second-order valence-corrected chi connectivity index (χ2v) is 5.77. The van der Waals surface area contributed by atoms with E-state index in [9.17, 15) is 4.79 Å². The zero-order valence-electron chi connectivity index (χ0n) is 9.48. The van der Waals surface area contributed by atoms with Crippen LogP contribution in [0.2, 0.25) is 0 Å². The van der Waals surface area contributed by atoms with Gasteiger partial charge >= 0.3 is 0 Å². The Bertz CT molecular complexity index is 238. The highest BCUT2D eigenvalue weighted by molar-refractivity contribution is 7.81. The van der Waals surface area contributed by atoms with E-state index < -0.39 is 0 Å². The van der Waals surface area contributed by atoms with Gasteiger partial charge < -0.3 is 4.90 Å². The van der Waals surface area contributed by atoms with Crippen molar-refractivity contribution >= 4 is 18.5 Å². The molecule has 1 heterocycles. The quantitative estimate of drug-likeness (QED) is 0.719. The molecule has 0 bridgehead atoms. The summed E-state index contributed by atoms with van der Waals surface area (Å²) < 4.78 is 0. The van der Waals surface area contributed by atoms with Crippen LogP contribution in [0.5, 0.6) is 0 Å². The average molecular weight is 227 g/mol. The van der Waals surface area contributed by atoms with Crippen molar-refractivity contribution in [2.75, 3.05) is 6.54 Å². The largest absolute Gasteiger partial charge is 0.339 e. The third-order valence-corrected chi connectivity index (χ3v) is 4.31. The summed E-state index contributed by atoms with van der Waals surface area (Å²) in [6, 6.07) is 0.440. The van der Waals surface area contributed by atoms with E-state index in [-0.39, 0.29) is 5.25 Å². The Morgan fingerprint density at radius 1 is 1.33 bits per heavy atom. The van der Waals surface area contributed by atoms with Gasteiger partial charge in [0, 0.05) is 24.3 Å². The van der Waals surface area contributed by atoms with Crippen LogP contribution in [0.1, 0.15) is 45.4 Å². The molecule has 1 saturated carbocycles. The molecule has 1 aliphatic heterocycles. The van der Waals surface area contributed by atoms with Gasteiger partial charge in [0.25, 0.3) is 0 Å². The highest BCUT2D eigenvalue weighted by Gasteiger charge is 2.34. The van der Waals surface area contributed by atoms with Crippen molar-refractivity contribution in [3.8, 4) is 0 Å². The van der Waals surface area contributed by atoms with Crippen molar-refractivity contribution < 1.29 is 4.79 Å². The highest BCUT2D eigenvalue weighted by Crippen LogP contribution is 2.31. The van der Waals surface area contributed by atoms with Crippen molar-refractivity contribution in [2.24, 2.45) is 5.92 Å². The van der Waals surface area contributed by atoms with E-state index in [1.54, 1.807) is 0 Å². The van der Waals surface area contributed by atoms with Crippen LogP contribution in [0.3, 0.4) is 0 Å². The molecule has 0 spiro atoms. The Kier molecular flexibility index (Phi) is 3.60. The van der Waals surface area contributed by atoms with E-state index in [2.05, 4.69) is 24.5 Å². The van der Waals surface area contributed by atoms with Crippen molar-refractivity contribution in [2.45, 2.75) is 56.7 Å². The van der Waals surface area contributed by atoms with Crippen LogP contribution < -0.4 is 0 Å². The minimum Gasteiger partial charge on any atom is -0.339 e. The molecule has 1 saturated heterocycles. The first-order chi connectivity index (χ1) is 7.18. The third-order valence-electron chi connectivity index (χ3n) is 3.96. The minimum absolute atomic E-state index is 0.267. The molecule has 1 unspecified atom stereocenters. The Balaban J connectivity index is 1.94. The van der Waals surface area contributed by atoms with Crippen LogP contribution in [0, 0.1) is 5.92 Å². The molecule has 86 valence electrons. The summed E-state index contributed by atoms with van der Waals surface area (Å²) in [5.74, 6) is 1.05. The Morgan fingerprint density at radius 2 is 2.00 bits per heavy atom. The fraction of sp³-hybridized carbons (Fsp3) is 0.917. The fourth-order valence-corrected chi connectivity index (χ4v) is 3.31. The fourth-order valence-electron chi connectivity index (χ4n) is 2.98. The molecule has 0 aromatic rings. The molecule has 15 heavy (non-hydrogen) atoms. The van der Waals surface area contributed by atoms with Gasteiger partial charge in [0.2, 0.25) is 5.91 Å². The molecule has 2 rings (SSSR count). The second-order valence-electron chi connectivity index (χ2n) is 5.04. The number of carbonyl (C=O) groups excluding carboxylic acids is 1. The molecule has 3 heteroatoms. The monoisotopic (exact) mass is 227 g/mol. The lowest BCUT2D eigenvalue weighted by atomic mass is 9.84. The maximum absolute atomic E-state index is 11.7. The first kappa shape index (κ1) is 11.3. The Morgan fingerprint density at radius 3 is 2.53 bits per heavy atom. The van der Waals surface area contributed by atoms with Gasteiger partial charge in [-0.25, -0.2) is 0 Å². The predicted octanol–water partition coefficient (Wildman–Crippen LogP) is 2.49. The molecule has 0 radical (unpaired) electrons. The van der Waals surface area contributed by atoms with Crippen molar-refractivity contribution in [3.05, 3.63) is 0 Å². The van der Waals surface area contributed by atoms with Crippen LogP contribution >= 0.6 is 12.6 Å². The molecule has 2 nitrogen and oxygen atoms in total. The molecule has 0 N–H and O–H groups in total. The van der Waals surface area contributed by atoms with Gasteiger partial charge in [0.05, 0.1) is 0 Å². The van der Waals surface area contributed by atoms with E-state index in [1.165, 1.54) is 32.1 Å². The minimum atomic E-state index is 0.267. The van der Waals surface area contributed by atoms with Crippen LogP contribution in [-0.2, 0) is 4.79 Å². The molecular formula is C12H21NOS. The van der Waals surface area contributed by atoms with Crippen molar-refractivity contribution in [1.82, 2.24) is 4.90 Å². The van der Waals surface area contributed by atoms with Gasteiger partial charge in [-0.3, -0.25) is 4.79 Å².